The van der Waals surface area contributed by atoms with Gasteiger partial charge in [0.2, 0.25) is 0 Å². The predicted octanol–water partition coefficient (Wildman–Crippen LogP) is 3.84. The average Bonchev–Trinajstić information content (AvgIpc) is 2.49. The maximum atomic E-state index is 13.6. The van der Waals surface area contributed by atoms with Gasteiger partial charge in [-0.15, -0.1) is 11.6 Å². The first-order valence-electron chi connectivity index (χ1n) is 6.25. The molecule has 0 heterocycles. The first-order chi connectivity index (χ1) is 9.61. The van der Waals surface area contributed by atoms with Gasteiger partial charge in [-0.2, -0.15) is 0 Å². The SMILES string of the molecule is CN(Cc1ccccc1F)C(=O)c1ccc(CCl)cc1. The number of carbonyl (C=O) groups excluding carboxylic acids is 1. The van der Waals surface area contributed by atoms with E-state index in [-0.39, 0.29) is 18.3 Å². The maximum Gasteiger partial charge on any atom is 0.253 e. The second-order valence-electron chi connectivity index (χ2n) is 4.58. The summed E-state index contributed by atoms with van der Waals surface area (Å²) in [6.45, 7) is 0.239. The van der Waals surface area contributed by atoms with Crippen molar-refractivity contribution in [3.8, 4) is 0 Å². The molecule has 0 saturated heterocycles. The summed E-state index contributed by atoms with van der Waals surface area (Å²) in [5, 5.41) is 0. The third-order valence-electron chi connectivity index (χ3n) is 3.07. The fraction of sp³-hybridized carbons (Fsp3) is 0.188. The van der Waals surface area contributed by atoms with Crippen LogP contribution < -0.4 is 0 Å². The smallest absolute Gasteiger partial charge is 0.253 e. The van der Waals surface area contributed by atoms with Gasteiger partial charge in [0, 0.05) is 30.6 Å². The van der Waals surface area contributed by atoms with Gasteiger partial charge < -0.3 is 4.90 Å². The maximum absolute atomic E-state index is 13.6. The molecule has 0 radical (unpaired) electrons. The molecule has 0 aliphatic heterocycles. The highest BCUT2D eigenvalue weighted by Crippen LogP contribution is 2.13. The van der Waals surface area contributed by atoms with E-state index in [2.05, 4.69) is 0 Å². The summed E-state index contributed by atoms with van der Waals surface area (Å²) >= 11 is 5.71. The summed E-state index contributed by atoms with van der Waals surface area (Å²) in [5.41, 5.74) is 2.03. The first-order valence-corrected chi connectivity index (χ1v) is 6.79. The van der Waals surface area contributed by atoms with Crippen molar-refractivity contribution < 1.29 is 9.18 Å². The van der Waals surface area contributed by atoms with Crippen LogP contribution in [0.4, 0.5) is 4.39 Å². The lowest BCUT2D eigenvalue weighted by Gasteiger charge is -2.17. The van der Waals surface area contributed by atoms with Gasteiger partial charge in [-0.3, -0.25) is 4.79 Å². The number of nitrogens with zero attached hydrogens (tertiary/aromatic N) is 1. The van der Waals surface area contributed by atoms with Crippen molar-refractivity contribution in [3.63, 3.8) is 0 Å². The summed E-state index contributed by atoms with van der Waals surface area (Å²) in [7, 11) is 1.66. The van der Waals surface area contributed by atoms with Gasteiger partial charge in [-0.05, 0) is 23.8 Å². The highest BCUT2D eigenvalue weighted by Gasteiger charge is 2.13. The molecular weight excluding hydrogens is 277 g/mol. The van der Waals surface area contributed by atoms with Crippen LogP contribution in [0.1, 0.15) is 21.5 Å². The van der Waals surface area contributed by atoms with Crippen molar-refractivity contribution in [3.05, 3.63) is 71.0 Å². The zero-order chi connectivity index (χ0) is 14.5. The molecule has 0 unspecified atom stereocenters. The van der Waals surface area contributed by atoms with Gasteiger partial charge in [0.05, 0.1) is 0 Å². The van der Waals surface area contributed by atoms with Crippen LogP contribution >= 0.6 is 11.6 Å². The van der Waals surface area contributed by atoms with Gasteiger partial charge >= 0.3 is 0 Å². The van der Waals surface area contributed by atoms with Crippen molar-refractivity contribution in [2.75, 3.05) is 7.05 Å². The molecule has 0 spiro atoms. The van der Waals surface area contributed by atoms with Crippen LogP contribution in [0.3, 0.4) is 0 Å². The Morgan fingerprint density at radius 2 is 1.80 bits per heavy atom. The molecular formula is C16H15ClFNO. The van der Waals surface area contributed by atoms with E-state index in [4.69, 9.17) is 11.6 Å². The Hall–Kier alpha value is -1.87. The summed E-state index contributed by atoms with van der Waals surface area (Å²) in [6, 6.07) is 13.6. The van der Waals surface area contributed by atoms with Crippen LogP contribution in [0.2, 0.25) is 0 Å². The number of rotatable bonds is 4. The highest BCUT2D eigenvalue weighted by atomic mass is 35.5. The van der Waals surface area contributed by atoms with E-state index in [0.29, 0.717) is 17.0 Å². The fourth-order valence-electron chi connectivity index (χ4n) is 1.91. The van der Waals surface area contributed by atoms with E-state index >= 15 is 0 Å². The van der Waals surface area contributed by atoms with E-state index in [9.17, 15) is 9.18 Å². The third kappa shape index (κ3) is 3.36. The zero-order valence-corrected chi connectivity index (χ0v) is 11.9. The molecule has 0 aromatic heterocycles. The normalized spacial score (nSPS) is 10.3. The molecule has 1 amide bonds. The fourth-order valence-corrected chi connectivity index (χ4v) is 2.09. The van der Waals surface area contributed by atoms with Crippen molar-refractivity contribution in [1.82, 2.24) is 4.90 Å². The molecule has 2 rings (SSSR count). The van der Waals surface area contributed by atoms with Gasteiger partial charge in [0.1, 0.15) is 5.82 Å². The minimum absolute atomic E-state index is 0.144. The first kappa shape index (κ1) is 14.5. The molecule has 2 aromatic rings. The Labute approximate surface area is 122 Å². The number of carbonyl (C=O) groups is 1. The van der Waals surface area contributed by atoms with Crippen LogP contribution in [0.25, 0.3) is 0 Å². The van der Waals surface area contributed by atoms with Crippen molar-refractivity contribution >= 4 is 17.5 Å². The number of hydrogen-bond donors (Lipinski definition) is 0. The molecule has 104 valence electrons. The van der Waals surface area contributed by atoms with Gasteiger partial charge in [0.15, 0.2) is 0 Å². The van der Waals surface area contributed by atoms with E-state index < -0.39 is 0 Å². The Balaban J connectivity index is 2.10. The number of benzene rings is 2. The number of amides is 1. The molecule has 4 heteroatoms. The molecule has 2 nitrogen and oxygen atoms in total. The summed E-state index contributed by atoms with van der Waals surface area (Å²) in [6.07, 6.45) is 0. The lowest BCUT2D eigenvalue weighted by Crippen LogP contribution is -2.26. The Bertz CT molecular complexity index is 598. The molecule has 0 saturated carbocycles. The Kier molecular flexibility index (Phi) is 4.74. The lowest BCUT2D eigenvalue weighted by atomic mass is 10.1. The van der Waals surface area contributed by atoms with Gasteiger partial charge in [0.25, 0.3) is 5.91 Å². The number of hydrogen-bond acceptors (Lipinski definition) is 1. The van der Waals surface area contributed by atoms with Crippen LogP contribution in [0, 0.1) is 5.82 Å². The van der Waals surface area contributed by atoms with Crippen molar-refractivity contribution in [1.29, 1.82) is 0 Å². The molecule has 0 fully saturated rings. The number of halogens is 2. The minimum atomic E-state index is -0.301. The van der Waals surface area contributed by atoms with E-state index in [1.807, 2.05) is 12.1 Å². The largest absolute Gasteiger partial charge is 0.337 e. The molecule has 2 aromatic carbocycles. The molecule has 0 atom stereocenters. The lowest BCUT2D eigenvalue weighted by molar-refractivity contribution is 0.0784. The van der Waals surface area contributed by atoms with Gasteiger partial charge in [-0.25, -0.2) is 4.39 Å². The Morgan fingerprint density at radius 3 is 2.40 bits per heavy atom. The molecule has 0 aliphatic rings. The topological polar surface area (TPSA) is 20.3 Å². The quantitative estimate of drug-likeness (QED) is 0.784. The standard InChI is InChI=1S/C16H15ClFNO/c1-19(11-14-4-2-3-5-15(14)18)16(20)13-8-6-12(10-17)7-9-13/h2-9H,10-11H2,1H3. The predicted molar refractivity (Wildman–Crippen MR) is 78.2 cm³/mol. The van der Waals surface area contributed by atoms with Crippen molar-refractivity contribution in [2.24, 2.45) is 0 Å². The van der Waals surface area contributed by atoms with Crippen molar-refractivity contribution in [2.45, 2.75) is 12.4 Å². The van der Waals surface area contributed by atoms with Crippen LogP contribution in [0.15, 0.2) is 48.5 Å². The van der Waals surface area contributed by atoms with E-state index in [1.165, 1.54) is 11.0 Å². The summed E-state index contributed by atoms with van der Waals surface area (Å²) in [4.78, 5) is 13.7. The zero-order valence-electron chi connectivity index (χ0n) is 11.1. The van der Waals surface area contributed by atoms with Crippen LogP contribution in [0.5, 0.6) is 0 Å². The highest BCUT2D eigenvalue weighted by molar-refractivity contribution is 6.17. The van der Waals surface area contributed by atoms with Crippen LogP contribution in [-0.4, -0.2) is 17.9 Å². The molecule has 0 aliphatic carbocycles. The van der Waals surface area contributed by atoms with E-state index in [0.717, 1.165) is 5.56 Å². The Morgan fingerprint density at radius 1 is 1.15 bits per heavy atom. The van der Waals surface area contributed by atoms with Gasteiger partial charge in [-0.1, -0.05) is 30.3 Å². The molecule has 0 N–H and O–H groups in total. The summed E-state index contributed by atoms with van der Waals surface area (Å²) < 4.78 is 13.6. The number of alkyl halides is 1. The molecule has 0 bridgehead atoms. The monoisotopic (exact) mass is 291 g/mol. The minimum Gasteiger partial charge on any atom is -0.337 e. The second kappa shape index (κ2) is 6.53. The second-order valence-corrected chi connectivity index (χ2v) is 4.85. The average molecular weight is 292 g/mol. The van der Waals surface area contributed by atoms with Crippen LogP contribution in [-0.2, 0) is 12.4 Å². The van der Waals surface area contributed by atoms with E-state index in [1.54, 1.807) is 37.4 Å². The summed E-state index contributed by atoms with van der Waals surface area (Å²) in [5.74, 6) is -0.0292. The molecule has 20 heavy (non-hydrogen) atoms. The third-order valence-corrected chi connectivity index (χ3v) is 3.38.